The molecule has 0 radical (unpaired) electrons. The van der Waals surface area contributed by atoms with Gasteiger partial charge in [0.1, 0.15) is 13.1 Å². The summed E-state index contributed by atoms with van der Waals surface area (Å²) in [5.74, 6) is -0.492. The zero-order valence-corrected chi connectivity index (χ0v) is 12.5. The van der Waals surface area contributed by atoms with Crippen molar-refractivity contribution in [3.63, 3.8) is 0 Å². The molecule has 1 heterocycles. The average Bonchev–Trinajstić information content (AvgIpc) is 2.45. The zero-order chi connectivity index (χ0) is 15.8. The predicted molar refractivity (Wildman–Crippen MR) is 74.0 cm³/mol. The van der Waals surface area contributed by atoms with E-state index in [-0.39, 0.29) is 25.1 Å². The molecule has 8 nitrogen and oxygen atoms in total. The number of aromatic nitrogens is 2. The smallest absolute Gasteiger partial charge is 0.325 e. The maximum atomic E-state index is 11.4. The first-order valence-electron chi connectivity index (χ1n) is 6.34. The number of ether oxygens (including phenoxy) is 3. The average molecular weight is 297 g/mol. The summed E-state index contributed by atoms with van der Waals surface area (Å²) in [5, 5.41) is 0. The Morgan fingerprint density at radius 3 is 2.24 bits per heavy atom. The highest BCUT2D eigenvalue weighted by atomic mass is 16.5. The van der Waals surface area contributed by atoms with Gasteiger partial charge in [0.15, 0.2) is 0 Å². The summed E-state index contributed by atoms with van der Waals surface area (Å²) in [6, 6.07) is 1.60. The van der Waals surface area contributed by atoms with Gasteiger partial charge in [-0.3, -0.25) is 9.59 Å². The normalized spacial score (nSPS) is 10.1. The highest BCUT2D eigenvalue weighted by Gasteiger charge is 2.19. The van der Waals surface area contributed by atoms with Crippen molar-refractivity contribution >= 4 is 17.9 Å². The van der Waals surface area contributed by atoms with Crippen molar-refractivity contribution < 1.29 is 23.8 Å². The molecule has 0 N–H and O–H groups in total. The van der Waals surface area contributed by atoms with Crippen molar-refractivity contribution in [2.45, 2.75) is 20.0 Å². The molecule has 0 atom stereocenters. The molecule has 21 heavy (non-hydrogen) atoms. The third kappa shape index (κ3) is 5.64. The second kappa shape index (κ2) is 8.03. The minimum absolute atomic E-state index is 0.0533. The minimum atomic E-state index is -0.516. The second-order valence-corrected chi connectivity index (χ2v) is 4.37. The molecule has 1 aromatic heterocycles. The van der Waals surface area contributed by atoms with Gasteiger partial charge in [0.05, 0.1) is 20.3 Å². The van der Waals surface area contributed by atoms with Gasteiger partial charge in [-0.15, -0.1) is 0 Å². The molecule has 0 amide bonds. The number of hydrogen-bond acceptors (Lipinski definition) is 8. The quantitative estimate of drug-likeness (QED) is 0.669. The van der Waals surface area contributed by atoms with Crippen molar-refractivity contribution in [2.75, 3.05) is 32.2 Å². The first kappa shape index (κ1) is 16.7. The standard InChI is InChI=1S/C13H19N3O5/c1-9(2)21-10-5-6-14-13(15-10)16(7-11(17)19-3)8-12(18)20-4/h5-6,9H,7-8H2,1-4H3. The number of anilines is 1. The highest BCUT2D eigenvalue weighted by Crippen LogP contribution is 2.14. The van der Waals surface area contributed by atoms with Crippen LogP contribution in [0.2, 0.25) is 0 Å². The molecule has 1 rings (SSSR count). The fourth-order valence-corrected chi connectivity index (χ4v) is 1.43. The van der Waals surface area contributed by atoms with Gasteiger partial charge in [0.2, 0.25) is 11.8 Å². The van der Waals surface area contributed by atoms with E-state index in [0.29, 0.717) is 5.88 Å². The van der Waals surface area contributed by atoms with Crippen LogP contribution in [0.4, 0.5) is 5.95 Å². The number of hydrogen-bond donors (Lipinski definition) is 0. The van der Waals surface area contributed by atoms with Crippen LogP contribution in [0, 0.1) is 0 Å². The molecular weight excluding hydrogens is 278 g/mol. The molecular formula is C13H19N3O5. The Labute approximate surface area is 123 Å². The van der Waals surface area contributed by atoms with Gasteiger partial charge in [0.25, 0.3) is 0 Å². The van der Waals surface area contributed by atoms with Crippen LogP contribution in [0.25, 0.3) is 0 Å². The SMILES string of the molecule is COC(=O)CN(CC(=O)OC)c1nccc(OC(C)C)n1. The van der Waals surface area contributed by atoms with E-state index < -0.39 is 11.9 Å². The second-order valence-electron chi connectivity index (χ2n) is 4.37. The van der Waals surface area contributed by atoms with Crippen LogP contribution in [-0.4, -0.2) is 55.3 Å². The number of rotatable bonds is 7. The monoisotopic (exact) mass is 297 g/mol. The largest absolute Gasteiger partial charge is 0.475 e. The molecule has 116 valence electrons. The Morgan fingerprint density at radius 1 is 1.19 bits per heavy atom. The lowest BCUT2D eigenvalue weighted by molar-refractivity contribution is -0.140. The van der Waals surface area contributed by atoms with E-state index in [4.69, 9.17) is 4.74 Å². The molecule has 0 saturated heterocycles. The van der Waals surface area contributed by atoms with Crippen LogP contribution in [0.1, 0.15) is 13.8 Å². The van der Waals surface area contributed by atoms with Crippen LogP contribution in [0.3, 0.4) is 0 Å². The Balaban J connectivity index is 2.95. The summed E-state index contributed by atoms with van der Waals surface area (Å²) in [7, 11) is 2.52. The van der Waals surface area contributed by atoms with Crippen LogP contribution in [-0.2, 0) is 19.1 Å². The molecule has 0 aliphatic heterocycles. The maximum Gasteiger partial charge on any atom is 0.325 e. The summed E-state index contributed by atoms with van der Waals surface area (Å²) in [6.07, 6.45) is 1.43. The van der Waals surface area contributed by atoms with E-state index in [1.54, 1.807) is 6.07 Å². The molecule has 0 aliphatic carbocycles. The molecule has 0 saturated carbocycles. The number of carbonyl (C=O) groups is 2. The summed E-state index contributed by atoms with van der Waals surface area (Å²) < 4.78 is 14.6. The molecule has 0 bridgehead atoms. The van der Waals surface area contributed by atoms with E-state index >= 15 is 0 Å². The van der Waals surface area contributed by atoms with E-state index in [2.05, 4.69) is 19.4 Å². The molecule has 0 fully saturated rings. The Morgan fingerprint density at radius 2 is 1.76 bits per heavy atom. The third-order valence-corrected chi connectivity index (χ3v) is 2.35. The zero-order valence-electron chi connectivity index (χ0n) is 12.5. The Hall–Kier alpha value is -2.38. The van der Waals surface area contributed by atoms with Gasteiger partial charge in [0, 0.05) is 12.3 Å². The Bertz CT molecular complexity index is 474. The fourth-order valence-electron chi connectivity index (χ4n) is 1.43. The summed E-state index contributed by atoms with van der Waals surface area (Å²) in [5.41, 5.74) is 0. The Kier molecular flexibility index (Phi) is 6.38. The third-order valence-electron chi connectivity index (χ3n) is 2.35. The fraction of sp³-hybridized carbons (Fsp3) is 0.538. The summed E-state index contributed by atoms with van der Waals surface area (Å²) in [4.78, 5) is 32.4. The van der Waals surface area contributed by atoms with Crippen LogP contribution in [0.15, 0.2) is 12.3 Å². The van der Waals surface area contributed by atoms with Gasteiger partial charge < -0.3 is 19.1 Å². The van der Waals surface area contributed by atoms with Gasteiger partial charge in [-0.25, -0.2) is 4.98 Å². The van der Waals surface area contributed by atoms with Crippen molar-refractivity contribution in [1.82, 2.24) is 9.97 Å². The number of carbonyl (C=O) groups excluding carboxylic acids is 2. The minimum Gasteiger partial charge on any atom is -0.475 e. The van der Waals surface area contributed by atoms with Gasteiger partial charge in [-0.05, 0) is 13.8 Å². The van der Waals surface area contributed by atoms with E-state index in [1.807, 2.05) is 13.8 Å². The molecule has 8 heteroatoms. The van der Waals surface area contributed by atoms with Crippen molar-refractivity contribution in [2.24, 2.45) is 0 Å². The van der Waals surface area contributed by atoms with Gasteiger partial charge >= 0.3 is 11.9 Å². The van der Waals surface area contributed by atoms with E-state index in [1.165, 1.54) is 25.3 Å². The van der Waals surface area contributed by atoms with Crippen LogP contribution >= 0.6 is 0 Å². The lowest BCUT2D eigenvalue weighted by atomic mass is 10.4. The first-order chi connectivity index (χ1) is 9.96. The van der Waals surface area contributed by atoms with Crippen LogP contribution < -0.4 is 9.64 Å². The molecule has 0 aliphatic rings. The number of methoxy groups -OCH3 is 2. The van der Waals surface area contributed by atoms with Crippen molar-refractivity contribution in [3.05, 3.63) is 12.3 Å². The summed E-state index contributed by atoms with van der Waals surface area (Å²) in [6.45, 7) is 3.39. The van der Waals surface area contributed by atoms with Gasteiger partial charge in [-0.1, -0.05) is 0 Å². The lowest BCUT2D eigenvalue weighted by Crippen LogP contribution is -2.36. The van der Waals surface area contributed by atoms with Crippen molar-refractivity contribution in [1.29, 1.82) is 0 Å². The molecule has 0 unspecified atom stereocenters. The predicted octanol–water partition coefficient (Wildman–Crippen LogP) is 0.416. The van der Waals surface area contributed by atoms with Crippen molar-refractivity contribution in [3.8, 4) is 5.88 Å². The maximum absolute atomic E-state index is 11.4. The highest BCUT2D eigenvalue weighted by molar-refractivity contribution is 5.80. The number of nitrogens with zero attached hydrogens (tertiary/aromatic N) is 3. The first-order valence-corrected chi connectivity index (χ1v) is 6.34. The summed E-state index contributed by atoms with van der Waals surface area (Å²) >= 11 is 0. The van der Waals surface area contributed by atoms with Crippen LogP contribution in [0.5, 0.6) is 5.88 Å². The molecule has 1 aromatic rings. The topological polar surface area (TPSA) is 90.9 Å². The lowest BCUT2D eigenvalue weighted by Gasteiger charge is -2.20. The number of esters is 2. The van der Waals surface area contributed by atoms with E-state index in [0.717, 1.165) is 0 Å². The van der Waals surface area contributed by atoms with Gasteiger partial charge in [-0.2, -0.15) is 4.98 Å². The molecule has 0 aromatic carbocycles. The van der Waals surface area contributed by atoms with E-state index in [9.17, 15) is 9.59 Å². The molecule has 0 spiro atoms.